The fourth-order valence-electron chi connectivity index (χ4n) is 4.48. The van der Waals surface area contributed by atoms with Gasteiger partial charge in [-0.3, -0.25) is 19.1 Å². The third kappa shape index (κ3) is 6.33. The topological polar surface area (TPSA) is 96.3 Å². The lowest BCUT2D eigenvalue weighted by molar-refractivity contribution is -0.139. The molecule has 8 nitrogen and oxygen atoms in total. The summed E-state index contributed by atoms with van der Waals surface area (Å²) in [5, 5.41) is 11.2. The quantitative estimate of drug-likeness (QED) is 0.670. The van der Waals surface area contributed by atoms with Crippen LogP contribution in [0.5, 0.6) is 0 Å². The molecule has 2 aromatic rings. The number of hydrogen-bond acceptors (Lipinski definition) is 5. The van der Waals surface area contributed by atoms with E-state index in [1.165, 1.54) is 32.6 Å². The Kier molecular flexibility index (Phi) is 8.86. The Morgan fingerprint density at radius 3 is 2.45 bits per heavy atom. The largest absolute Gasteiger partial charge is 0.388 e. The van der Waals surface area contributed by atoms with Crippen molar-refractivity contribution >= 4 is 34.2 Å². The molecule has 2 N–H and O–H groups in total. The van der Waals surface area contributed by atoms with Crippen molar-refractivity contribution in [1.29, 1.82) is 0 Å². The molecule has 1 saturated heterocycles. The van der Waals surface area contributed by atoms with Crippen molar-refractivity contribution < 1.29 is 14.4 Å². The Hall–Kier alpha value is -2.90. The van der Waals surface area contributed by atoms with Crippen LogP contribution in [0.25, 0.3) is 10.9 Å². The Morgan fingerprint density at radius 1 is 1.12 bits per heavy atom. The first kappa shape index (κ1) is 24.7. The van der Waals surface area contributed by atoms with Gasteiger partial charge in [-0.25, -0.2) is 0 Å². The number of carbonyl (C=O) groups is 3. The molecule has 0 bridgehead atoms. The molecule has 33 heavy (non-hydrogen) atoms. The molecule has 1 aromatic carbocycles. The summed E-state index contributed by atoms with van der Waals surface area (Å²) in [6, 6.07) is 5.12. The number of anilines is 1. The number of ketones is 1. The van der Waals surface area contributed by atoms with Crippen molar-refractivity contribution in [3.63, 3.8) is 0 Å². The highest BCUT2D eigenvalue weighted by molar-refractivity contribution is 6.05. The van der Waals surface area contributed by atoms with E-state index in [0.29, 0.717) is 24.0 Å². The lowest BCUT2D eigenvalue weighted by Gasteiger charge is -2.27. The molecular weight excluding hydrogens is 418 g/mol. The number of aromatic nitrogens is 2. The third-order valence-corrected chi connectivity index (χ3v) is 6.52. The van der Waals surface area contributed by atoms with Crippen molar-refractivity contribution in [3.8, 4) is 0 Å². The third-order valence-electron chi connectivity index (χ3n) is 6.52. The van der Waals surface area contributed by atoms with Gasteiger partial charge in [0.1, 0.15) is 18.3 Å². The molecule has 1 unspecified atom stereocenters. The fourth-order valence-corrected chi connectivity index (χ4v) is 4.48. The van der Waals surface area contributed by atoms with Crippen molar-refractivity contribution in [2.75, 3.05) is 26.0 Å². The smallest absolute Gasteiger partial charge is 0.244 e. The van der Waals surface area contributed by atoms with Crippen LogP contribution in [0, 0.1) is 0 Å². The van der Waals surface area contributed by atoms with Gasteiger partial charge in [0.2, 0.25) is 11.8 Å². The molecule has 2 amide bonds. The predicted octanol–water partition coefficient (Wildman–Crippen LogP) is 3.75. The minimum Gasteiger partial charge on any atom is -0.388 e. The second-order valence-corrected chi connectivity index (χ2v) is 8.97. The van der Waals surface area contributed by atoms with Gasteiger partial charge in [-0.2, -0.15) is 5.10 Å². The number of likely N-dealkylation sites (N-methyl/N-ethyl adjacent to an activating group) is 1. The van der Waals surface area contributed by atoms with Crippen LogP contribution in [0.4, 0.5) is 5.69 Å². The van der Waals surface area contributed by atoms with Gasteiger partial charge in [0.15, 0.2) is 5.78 Å². The fraction of sp³-hybridized carbons (Fsp3) is 0.600. The Bertz CT molecular complexity index is 984. The zero-order valence-electron chi connectivity index (χ0n) is 20.2. The molecule has 8 heteroatoms. The van der Waals surface area contributed by atoms with Crippen LogP contribution in [0.2, 0.25) is 0 Å². The summed E-state index contributed by atoms with van der Waals surface area (Å²) in [6.45, 7) is 2.10. The van der Waals surface area contributed by atoms with Gasteiger partial charge in [0.05, 0.1) is 5.52 Å². The normalized spacial score (nSPS) is 18.5. The SMILES string of the molecule is CNc1ccc2c(c1)c(C(C)=O)nn2CC(=O)N(C)C1CCCCCCCCCCNC1=O. The average molecular weight is 456 g/mol. The number of fused-ring (bicyclic) bond motifs is 1. The Balaban J connectivity index is 1.78. The molecular formula is C25H37N5O3. The first-order chi connectivity index (χ1) is 15.9. The molecule has 180 valence electrons. The summed E-state index contributed by atoms with van der Waals surface area (Å²) >= 11 is 0. The number of carbonyl (C=O) groups excluding carboxylic acids is 3. The molecule has 1 aliphatic rings. The minimum atomic E-state index is -0.497. The maximum absolute atomic E-state index is 13.2. The predicted molar refractivity (Wildman–Crippen MR) is 130 cm³/mol. The Labute approximate surface area is 196 Å². The maximum atomic E-state index is 13.2. The van der Waals surface area contributed by atoms with Crippen LogP contribution >= 0.6 is 0 Å². The van der Waals surface area contributed by atoms with Crippen LogP contribution in [-0.4, -0.2) is 59.0 Å². The van der Waals surface area contributed by atoms with Crippen molar-refractivity contribution in [2.24, 2.45) is 0 Å². The molecule has 0 radical (unpaired) electrons. The first-order valence-corrected chi connectivity index (χ1v) is 12.1. The number of hydrogen-bond donors (Lipinski definition) is 2. The summed E-state index contributed by atoms with van der Waals surface area (Å²) < 4.78 is 1.57. The van der Waals surface area contributed by atoms with Gasteiger partial charge in [-0.15, -0.1) is 0 Å². The van der Waals surface area contributed by atoms with Gasteiger partial charge < -0.3 is 15.5 Å². The number of nitrogens with one attached hydrogen (secondary N) is 2. The molecule has 3 rings (SSSR count). The molecule has 2 heterocycles. The van der Waals surface area contributed by atoms with Gasteiger partial charge in [-0.05, 0) is 31.0 Å². The van der Waals surface area contributed by atoms with Gasteiger partial charge in [0.25, 0.3) is 0 Å². The number of Topliss-reactive ketones (excluding diaryl/α,β-unsaturated/α-hetero) is 1. The summed E-state index contributed by atoms with van der Waals surface area (Å²) in [6.07, 6.45) is 9.62. The zero-order chi connectivity index (χ0) is 23.8. The lowest BCUT2D eigenvalue weighted by Crippen LogP contribution is -2.48. The average Bonchev–Trinajstić information content (AvgIpc) is 3.17. The Morgan fingerprint density at radius 2 is 1.79 bits per heavy atom. The molecule has 0 saturated carbocycles. The minimum absolute atomic E-state index is 0.0248. The molecule has 1 fully saturated rings. The van der Waals surface area contributed by atoms with E-state index in [9.17, 15) is 14.4 Å². The van der Waals surface area contributed by atoms with E-state index in [1.807, 2.05) is 25.2 Å². The van der Waals surface area contributed by atoms with E-state index in [4.69, 9.17) is 0 Å². The molecule has 1 atom stereocenters. The van der Waals surface area contributed by atoms with Gasteiger partial charge >= 0.3 is 0 Å². The second-order valence-electron chi connectivity index (χ2n) is 8.97. The molecule has 0 spiro atoms. The maximum Gasteiger partial charge on any atom is 0.244 e. The highest BCUT2D eigenvalue weighted by Gasteiger charge is 2.27. The van der Waals surface area contributed by atoms with Crippen LogP contribution in [0.3, 0.4) is 0 Å². The van der Waals surface area contributed by atoms with Crippen LogP contribution in [0.1, 0.15) is 75.2 Å². The summed E-state index contributed by atoms with van der Waals surface area (Å²) in [5.74, 6) is -0.433. The van der Waals surface area contributed by atoms with E-state index >= 15 is 0 Å². The molecule has 1 aliphatic heterocycles. The van der Waals surface area contributed by atoms with Gasteiger partial charge in [0, 0.05) is 38.6 Å². The number of benzene rings is 1. The van der Waals surface area contributed by atoms with E-state index < -0.39 is 6.04 Å². The van der Waals surface area contributed by atoms with Crippen LogP contribution in [0.15, 0.2) is 18.2 Å². The number of amides is 2. The summed E-state index contributed by atoms with van der Waals surface area (Å²) in [4.78, 5) is 39.8. The van der Waals surface area contributed by atoms with Crippen LogP contribution < -0.4 is 10.6 Å². The number of nitrogens with zero attached hydrogens (tertiary/aromatic N) is 3. The van der Waals surface area contributed by atoms with E-state index in [-0.39, 0.29) is 24.1 Å². The summed E-state index contributed by atoms with van der Waals surface area (Å²) in [5.41, 5.74) is 1.94. The standard InChI is InChI=1S/C25H37N5O3/c1-18(31)24-20-16-19(26-2)13-14-21(20)30(28-24)17-23(32)29(3)22-12-10-8-6-4-5-7-9-11-15-27-25(22)33/h13-14,16,22,26H,4-12,15,17H2,1-3H3,(H,27,33). The lowest BCUT2D eigenvalue weighted by atomic mass is 10.0. The zero-order valence-corrected chi connectivity index (χ0v) is 20.2. The number of rotatable bonds is 5. The second kappa shape index (κ2) is 11.8. The van der Waals surface area contributed by atoms with E-state index in [0.717, 1.165) is 36.9 Å². The van der Waals surface area contributed by atoms with Crippen molar-refractivity contribution in [1.82, 2.24) is 20.0 Å². The first-order valence-electron chi connectivity index (χ1n) is 12.1. The van der Waals surface area contributed by atoms with Gasteiger partial charge in [-0.1, -0.05) is 44.9 Å². The van der Waals surface area contributed by atoms with Crippen LogP contribution in [-0.2, 0) is 16.1 Å². The van der Waals surface area contributed by atoms with E-state index in [2.05, 4.69) is 15.7 Å². The summed E-state index contributed by atoms with van der Waals surface area (Å²) in [7, 11) is 3.51. The van der Waals surface area contributed by atoms with Crippen molar-refractivity contribution in [2.45, 2.75) is 77.3 Å². The van der Waals surface area contributed by atoms with E-state index in [1.54, 1.807) is 16.6 Å². The highest BCUT2D eigenvalue weighted by Crippen LogP contribution is 2.24. The highest BCUT2D eigenvalue weighted by atomic mass is 16.2. The monoisotopic (exact) mass is 455 g/mol. The van der Waals surface area contributed by atoms with Crippen molar-refractivity contribution in [3.05, 3.63) is 23.9 Å². The molecule has 0 aliphatic carbocycles. The molecule has 1 aromatic heterocycles.